The number of benzene rings is 1. The molecule has 84 valence electrons. The van der Waals surface area contributed by atoms with Gasteiger partial charge in [-0.05, 0) is 28.3 Å². The van der Waals surface area contributed by atoms with E-state index in [0.29, 0.717) is 4.88 Å². The van der Waals surface area contributed by atoms with E-state index in [2.05, 4.69) is 6.07 Å². The fraction of sp³-hybridized carbons (Fsp3) is 0. The zero-order valence-corrected chi connectivity index (χ0v) is 10.3. The van der Waals surface area contributed by atoms with Gasteiger partial charge in [0.1, 0.15) is 4.88 Å². The highest BCUT2D eigenvalue weighted by Crippen LogP contribution is 2.36. The fourth-order valence-corrected chi connectivity index (χ4v) is 3.57. The maximum Gasteiger partial charge on any atom is 0.346 e. The molecule has 0 aliphatic rings. The second-order valence-corrected chi connectivity index (χ2v) is 5.45. The normalized spacial score (nSPS) is 10.8. The third-order valence-electron chi connectivity index (χ3n) is 2.63. The Balaban J connectivity index is 2.30. The lowest BCUT2D eigenvalue weighted by molar-refractivity contribution is 0.0703. The van der Waals surface area contributed by atoms with Gasteiger partial charge in [0.2, 0.25) is 0 Å². The van der Waals surface area contributed by atoms with Gasteiger partial charge in [-0.1, -0.05) is 18.2 Å². The topological polar surface area (TPSA) is 37.3 Å². The van der Waals surface area contributed by atoms with Crippen LogP contribution < -0.4 is 0 Å². The van der Waals surface area contributed by atoms with Gasteiger partial charge >= 0.3 is 5.97 Å². The predicted molar refractivity (Wildman–Crippen MR) is 72.1 cm³/mol. The molecule has 0 aliphatic heterocycles. The average molecular weight is 260 g/mol. The number of hydrogen-bond donors (Lipinski definition) is 1. The Morgan fingerprint density at radius 1 is 1.00 bits per heavy atom. The summed E-state index contributed by atoms with van der Waals surface area (Å²) < 4.78 is 1.15. The van der Waals surface area contributed by atoms with Crippen molar-refractivity contribution in [3.05, 3.63) is 46.0 Å². The van der Waals surface area contributed by atoms with Crippen LogP contribution in [0.1, 0.15) is 9.67 Å². The lowest BCUT2D eigenvalue weighted by atomic mass is 10.1. The number of rotatable bonds is 2. The van der Waals surface area contributed by atoms with Crippen LogP contribution in [0, 0.1) is 0 Å². The van der Waals surface area contributed by atoms with Crippen LogP contribution in [0.25, 0.3) is 21.2 Å². The summed E-state index contributed by atoms with van der Waals surface area (Å²) in [4.78, 5) is 11.6. The lowest BCUT2D eigenvalue weighted by Gasteiger charge is -2.02. The first-order chi connectivity index (χ1) is 8.27. The van der Waals surface area contributed by atoms with Gasteiger partial charge in [0, 0.05) is 15.8 Å². The standard InChI is InChI=1S/C13H8O2S2/c14-13(15)12-10(5-7-17-12)9-3-1-2-8-4-6-16-11(8)9/h1-7H,(H,14,15). The molecule has 0 radical (unpaired) electrons. The van der Waals surface area contributed by atoms with Gasteiger partial charge < -0.3 is 5.11 Å². The molecule has 17 heavy (non-hydrogen) atoms. The summed E-state index contributed by atoms with van der Waals surface area (Å²) >= 11 is 2.91. The SMILES string of the molecule is O=C(O)c1sccc1-c1cccc2ccsc12. The Hall–Kier alpha value is -1.65. The molecule has 0 fully saturated rings. The van der Waals surface area contributed by atoms with Crippen LogP contribution in [0.3, 0.4) is 0 Å². The van der Waals surface area contributed by atoms with Crippen molar-refractivity contribution in [3.63, 3.8) is 0 Å². The van der Waals surface area contributed by atoms with Gasteiger partial charge in [0.15, 0.2) is 0 Å². The third kappa shape index (κ3) is 1.66. The molecule has 2 nitrogen and oxygen atoms in total. The van der Waals surface area contributed by atoms with Crippen molar-refractivity contribution in [1.82, 2.24) is 0 Å². The van der Waals surface area contributed by atoms with E-state index in [1.54, 1.807) is 11.3 Å². The predicted octanol–water partition coefficient (Wildman–Crippen LogP) is 4.33. The summed E-state index contributed by atoms with van der Waals surface area (Å²) in [6, 6.07) is 9.92. The van der Waals surface area contributed by atoms with Crippen LogP contribution in [0.2, 0.25) is 0 Å². The molecule has 0 bridgehead atoms. The molecule has 0 saturated carbocycles. The van der Waals surface area contributed by atoms with E-state index in [9.17, 15) is 4.79 Å². The molecule has 0 aliphatic carbocycles. The van der Waals surface area contributed by atoms with E-state index in [1.165, 1.54) is 11.3 Å². The molecule has 0 saturated heterocycles. The van der Waals surface area contributed by atoms with Crippen molar-refractivity contribution in [2.75, 3.05) is 0 Å². The quantitative estimate of drug-likeness (QED) is 0.744. The highest BCUT2D eigenvalue weighted by atomic mass is 32.1. The first-order valence-electron chi connectivity index (χ1n) is 5.05. The summed E-state index contributed by atoms with van der Waals surface area (Å²) in [7, 11) is 0. The smallest absolute Gasteiger partial charge is 0.346 e. The Bertz CT molecular complexity index is 694. The highest BCUT2D eigenvalue weighted by molar-refractivity contribution is 7.18. The monoisotopic (exact) mass is 260 g/mol. The highest BCUT2D eigenvalue weighted by Gasteiger charge is 2.15. The van der Waals surface area contributed by atoms with E-state index < -0.39 is 5.97 Å². The minimum atomic E-state index is -0.858. The van der Waals surface area contributed by atoms with Crippen LogP contribution in [-0.4, -0.2) is 11.1 Å². The first-order valence-corrected chi connectivity index (χ1v) is 6.80. The molecule has 2 heterocycles. The van der Waals surface area contributed by atoms with Gasteiger partial charge in [-0.2, -0.15) is 0 Å². The molecular weight excluding hydrogens is 252 g/mol. The summed E-state index contributed by atoms with van der Waals surface area (Å²) in [5.74, 6) is -0.858. The van der Waals surface area contributed by atoms with Crippen molar-refractivity contribution >= 4 is 38.7 Å². The van der Waals surface area contributed by atoms with Crippen molar-refractivity contribution in [1.29, 1.82) is 0 Å². The second kappa shape index (κ2) is 3.98. The average Bonchev–Trinajstić information content (AvgIpc) is 2.97. The summed E-state index contributed by atoms with van der Waals surface area (Å²) in [6.45, 7) is 0. The third-order valence-corrected chi connectivity index (χ3v) is 4.49. The summed E-state index contributed by atoms with van der Waals surface area (Å²) in [6.07, 6.45) is 0. The Morgan fingerprint density at radius 2 is 1.82 bits per heavy atom. The van der Waals surface area contributed by atoms with E-state index in [0.717, 1.165) is 21.2 Å². The molecule has 0 amide bonds. The largest absolute Gasteiger partial charge is 0.477 e. The van der Waals surface area contributed by atoms with Crippen LogP contribution in [0.4, 0.5) is 0 Å². The molecule has 3 rings (SSSR count). The van der Waals surface area contributed by atoms with Crippen molar-refractivity contribution in [3.8, 4) is 11.1 Å². The molecule has 0 atom stereocenters. The zero-order chi connectivity index (χ0) is 11.8. The van der Waals surface area contributed by atoms with Gasteiger partial charge in [-0.15, -0.1) is 22.7 Å². The fourth-order valence-electron chi connectivity index (χ4n) is 1.89. The molecule has 0 spiro atoms. The maximum atomic E-state index is 11.1. The number of carboxylic acid groups (broad SMARTS) is 1. The maximum absolute atomic E-state index is 11.1. The van der Waals surface area contributed by atoms with Crippen LogP contribution in [0.5, 0.6) is 0 Å². The molecule has 3 aromatic rings. The van der Waals surface area contributed by atoms with E-state index in [4.69, 9.17) is 5.11 Å². The molecule has 2 aromatic heterocycles. The van der Waals surface area contributed by atoms with Gasteiger partial charge in [0.05, 0.1) is 0 Å². The van der Waals surface area contributed by atoms with Crippen LogP contribution in [0.15, 0.2) is 41.1 Å². The molecular formula is C13H8O2S2. The minimum absolute atomic E-state index is 0.408. The Morgan fingerprint density at radius 3 is 2.65 bits per heavy atom. The van der Waals surface area contributed by atoms with Crippen LogP contribution in [-0.2, 0) is 0 Å². The zero-order valence-electron chi connectivity index (χ0n) is 8.71. The number of hydrogen-bond acceptors (Lipinski definition) is 3. The number of aromatic carboxylic acids is 1. The van der Waals surface area contributed by atoms with Crippen molar-refractivity contribution < 1.29 is 9.90 Å². The Kier molecular flexibility index (Phi) is 2.46. The molecule has 0 unspecified atom stereocenters. The van der Waals surface area contributed by atoms with Gasteiger partial charge in [-0.3, -0.25) is 0 Å². The molecule has 1 N–H and O–H groups in total. The van der Waals surface area contributed by atoms with E-state index in [1.807, 2.05) is 35.0 Å². The van der Waals surface area contributed by atoms with Crippen molar-refractivity contribution in [2.24, 2.45) is 0 Å². The molecule has 4 heteroatoms. The van der Waals surface area contributed by atoms with E-state index >= 15 is 0 Å². The lowest BCUT2D eigenvalue weighted by Crippen LogP contribution is -1.94. The molecule has 1 aromatic carbocycles. The van der Waals surface area contributed by atoms with E-state index in [-0.39, 0.29) is 0 Å². The number of carbonyl (C=O) groups is 1. The number of carboxylic acids is 1. The number of fused-ring (bicyclic) bond motifs is 1. The first kappa shape index (κ1) is 10.5. The van der Waals surface area contributed by atoms with Crippen molar-refractivity contribution in [2.45, 2.75) is 0 Å². The van der Waals surface area contributed by atoms with Crippen LogP contribution >= 0.6 is 22.7 Å². The second-order valence-electron chi connectivity index (χ2n) is 3.61. The van der Waals surface area contributed by atoms with Gasteiger partial charge in [-0.25, -0.2) is 4.79 Å². The Labute approximate surface area is 106 Å². The number of thiophene rings is 2. The summed E-state index contributed by atoms with van der Waals surface area (Å²) in [5.41, 5.74) is 1.83. The minimum Gasteiger partial charge on any atom is -0.477 e. The summed E-state index contributed by atoms with van der Waals surface area (Å²) in [5, 5.41) is 14.2. The van der Waals surface area contributed by atoms with Gasteiger partial charge in [0.25, 0.3) is 0 Å².